The third kappa shape index (κ3) is 2.01. The van der Waals surface area contributed by atoms with Gasteiger partial charge in [-0.15, -0.1) is 0 Å². The highest BCUT2D eigenvalue weighted by Gasteiger charge is 2.24. The fraction of sp³-hybridized carbons (Fsp3) is 0.375. The summed E-state index contributed by atoms with van der Waals surface area (Å²) in [4.78, 5) is 3.96. The minimum absolute atomic E-state index is 0.418. The van der Waals surface area contributed by atoms with E-state index in [4.69, 9.17) is 16.3 Å². The van der Waals surface area contributed by atoms with Crippen LogP contribution in [0.5, 0.6) is 5.75 Å². The van der Waals surface area contributed by atoms with Crippen LogP contribution >= 0.6 is 34.2 Å². The molecule has 0 unspecified atom stereocenters. The van der Waals surface area contributed by atoms with Gasteiger partial charge in [0, 0.05) is 0 Å². The SMILES string of the molecule is Clc1cc(I)c(OC2CC2)cn1. The fourth-order valence-corrected chi connectivity index (χ4v) is 1.75. The van der Waals surface area contributed by atoms with E-state index in [0.717, 1.165) is 9.32 Å². The molecule has 1 saturated carbocycles. The van der Waals surface area contributed by atoms with Gasteiger partial charge < -0.3 is 4.74 Å². The molecule has 0 N–H and O–H groups in total. The average molecular weight is 296 g/mol. The van der Waals surface area contributed by atoms with Crippen LogP contribution in [0.1, 0.15) is 12.8 Å². The Hall–Kier alpha value is -0.0300. The minimum Gasteiger partial charge on any atom is -0.488 e. The van der Waals surface area contributed by atoms with Crippen molar-refractivity contribution in [2.24, 2.45) is 0 Å². The molecular weight excluding hydrogens is 288 g/mol. The molecule has 0 bridgehead atoms. The Bertz CT molecular complexity index is 301. The van der Waals surface area contributed by atoms with E-state index in [0.29, 0.717) is 11.3 Å². The van der Waals surface area contributed by atoms with E-state index < -0.39 is 0 Å². The summed E-state index contributed by atoms with van der Waals surface area (Å²) < 4.78 is 6.61. The molecule has 0 aromatic carbocycles. The number of ether oxygens (including phenoxy) is 1. The third-order valence-corrected chi connectivity index (χ3v) is 2.65. The first-order valence-corrected chi connectivity index (χ1v) is 5.19. The predicted molar refractivity (Wildman–Crippen MR) is 55.6 cm³/mol. The molecule has 1 heterocycles. The van der Waals surface area contributed by atoms with Crippen LogP contribution < -0.4 is 4.74 Å². The highest BCUT2D eigenvalue weighted by Crippen LogP contribution is 2.30. The molecule has 1 aromatic rings. The van der Waals surface area contributed by atoms with Crippen molar-refractivity contribution in [2.75, 3.05) is 0 Å². The molecule has 1 aliphatic rings. The number of hydrogen-bond donors (Lipinski definition) is 0. The number of pyridine rings is 1. The van der Waals surface area contributed by atoms with Gasteiger partial charge >= 0.3 is 0 Å². The zero-order valence-corrected chi connectivity index (χ0v) is 9.17. The first-order valence-electron chi connectivity index (χ1n) is 3.73. The van der Waals surface area contributed by atoms with Gasteiger partial charge in [-0.05, 0) is 41.5 Å². The molecule has 12 heavy (non-hydrogen) atoms. The Balaban J connectivity index is 2.18. The van der Waals surface area contributed by atoms with Crippen LogP contribution in [0.25, 0.3) is 0 Å². The molecule has 0 aliphatic heterocycles. The molecule has 0 radical (unpaired) electrons. The number of halogens is 2. The van der Waals surface area contributed by atoms with Gasteiger partial charge in [0.1, 0.15) is 5.15 Å². The minimum atomic E-state index is 0.418. The maximum atomic E-state index is 5.70. The van der Waals surface area contributed by atoms with Crippen molar-refractivity contribution in [3.8, 4) is 5.75 Å². The smallest absolute Gasteiger partial charge is 0.151 e. The van der Waals surface area contributed by atoms with Crippen LogP contribution in [0.15, 0.2) is 12.3 Å². The van der Waals surface area contributed by atoms with E-state index in [2.05, 4.69) is 27.6 Å². The number of nitrogens with zero attached hydrogens (tertiary/aromatic N) is 1. The van der Waals surface area contributed by atoms with Crippen molar-refractivity contribution < 1.29 is 4.74 Å². The summed E-state index contributed by atoms with van der Waals surface area (Å²) in [5, 5.41) is 0.516. The van der Waals surface area contributed by atoms with Gasteiger partial charge in [-0.3, -0.25) is 0 Å². The van der Waals surface area contributed by atoms with Crippen molar-refractivity contribution in [3.05, 3.63) is 21.0 Å². The molecule has 4 heteroatoms. The molecule has 2 rings (SSSR count). The normalized spacial score (nSPS) is 16.2. The lowest BCUT2D eigenvalue weighted by molar-refractivity contribution is 0.300. The highest BCUT2D eigenvalue weighted by atomic mass is 127. The molecule has 0 saturated heterocycles. The van der Waals surface area contributed by atoms with Gasteiger partial charge in [0.25, 0.3) is 0 Å². The largest absolute Gasteiger partial charge is 0.488 e. The van der Waals surface area contributed by atoms with E-state index in [1.807, 2.05) is 0 Å². The second-order valence-corrected chi connectivity index (χ2v) is 4.30. The molecular formula is C8H7ClINO. The molecule has 0 amide bonds. The Morgan fingerprint density at radius 3 is 2.92 bits per heavy atom. The van der Waals surface area contributed by atoms with Gasteiger partial charge in [-0.2, -0.15) is 0 Å². The molecule has 2 nitrogen and oxygen atoms in total. The van der Waals surface area contributed by atoms with Crippen LogP contribution in [0.4, 0.5) is 0 Å². The lowest BCUT2D eigenvalue weighted by Gasteiger charge is -2.05. The summed E-state index contributed by atoms with van der Waals surface area (Å²) in [5.41, 5.74) is 0. The summed E-state index contributed by atoms with van der Waals surface area (Å²) in [6, 6.07) is 1.81. The van der Waals surface area contributed by atoms with Crippen molar-refractivity contribution in [1.82, 2.24) is 4.98 Å². The predicted octanol–water partition coefficient (Wildman–Crippen LogP) is 2.88. The van der Waals surface area contributed by atoms with Crippen molar-refractivity contribution >= 4 is 34.2 Å². The van der Waals surface area contributed by atoms with Crippen LogP contribution in [0.2, 0.25) is 5.15 Å². The summed E-state index contributed by atoms with van der Waals surface area (Å²) in [7, 11) is 0. The fourth-order valence-electron chi connectivity index (χ4n) is 0.847. The van der Waals surface area contributed by atoms with E-state index in [1.165, 1.54) is 12.8 Å². The van der Waals surface area contributed by atoms with Crippen LogP contribution in [0, 0.1) is 3.57 Å². The monoisotopic (exact) mass is 295 g/mol. The third-order valence-electron chi connectivity index (χ3n) is 1.60. The Morgan fingerprint density at radius 1 is 1.58 bits per heavy atom. The summed E-state index contributed by atoms with van der Waals surface area (Å²) in [6.45, 7) is 0. The van der Waals surface area contributed by atoms with Gasteiger partial charge in [0.05, 0.1) is 15.9 Å². The van der Waals surface area contributed by atoms with Gasteiger partial charge in [-0.25, -0.2) is 4.98 Å². The summed E-state index contributed by atoms with van der Waals surface area (Å²) >= 11 is 7.90. The maximum Gasteiger partial charge on any atom is 0.151 e. The van der Waals surface area contributed by atoms with Gasteiger partial charge in [0.2, 0.25) is 0 Å². The zero-order chi connectivity index (χ0) is 8.55. The lowest BCUT2D eigenvalue weighted by atomic mass is 10.5. The van der Waals surface area contributed by atoms with E-state index >= 15 is 0 Å². The number of rotatable bonds is 2. The summed E-state index contributed by atoms with van der Waals surface area (Å²) in [5.74, 6) is 0.850. The number of aromatic nitrogens is 1. The van der Waals surface area contributed by atoms with Crippen LogP contribution in [-0.4, -0.2) is 11.1 Å². The number of hydrogen-bond acceptors (Lipinski definition) is 2. The van der Waals surface area contributed by atoms with E-state index in [-0.39, 0.29) is 0 Å². The van der Waals surface area contributed by atoms with Crippen molar-refractivity contribution in [3.63, 3.8) is 0 Å². The zero-order valence-electron chi connectivity index (χ0n) is 6.26. The van der Waals surface area contributed by atoms with E-state index in [9.17, 15) is 0 Å². The first-order chi connectivity index (χ1) is 5.75. The van der Waals surface area contributed by atoms with Crippen molar-refractivity contribution in [2.45, 2.75) is 18.9 Å². The standard InChI is InChI=1S/C8H7ClINO/c9-8-3-6(10)7(4-11-8)12-5-1-2-5/h3-5H,1-2H2. The van der Waals surface area contributed by atoms with Gasteiger partial charge in [-0.1, -0.05) is 11.6 Å². The van der Waals surface area contributed by atoms with Crippen LogP contribution in [-0.2, 0) is 0 Å². The first kappa shape index (κ1) is 8.56. The lowest BCUT2D eigenvalue weighted by Crippen LogP contribution is -1.98. The topological polar surface area (TPSA) is 22.1 Å². The molecule has 0 spiro atoms. The Morgan fingerprint density at radius 2 is 2.33 bits per heavy atom. The second kappa shape index (κ2) is 3.38. The Kier molecular flexibility index (Phi) is 2.41. The molecule has 0 atom stereocenters. The maximum absolute atomic E-state index is 5.70. The van der Waals surface area contributed by atoms with Crippen molar-refractivity contribution in [1.29, 1.82) is 0 Å². The molecule has 1 aliphatic carbocycles. The molecule has 1 aromatic heterocycles. The summed E-state index contributed by atoms with van der Waals surface area (Å²) in [6.07, 6.45) is 4.43. The molecule has 1 fully saturated rings. The Labute approximate surface area is 89.4 Å². The highest BCUT2D eigenvalue weighted by molar-refractivity contribution is 14.1. The van der Waals surface area contributed by atoms with Gasteiger partial charge in [0.15, 0.2) is 5.75 Å². The quantitative estimate of drug-likeness (QED) is 0.618. The van der Waals surface area contributed by atoms with Crippen LogP contribution in [0.3, 0.4) is 0 Å². The van der Waals surface area contributed by atoms with E-state index in [1.54, 1.807) is 12.3 Å². The second-order valence-electron chi connectivity index (χ2n) is 2.75. The molecule has 64 valence electrons. The average Bonchev–Trinajstić information content (AvgIpc) is 2.79.